The van der Waals surface area contributed by atoms with Gasteiger partial charge in [-0.1, -0.05) is 0 Å². The van der Waals surface area contributed by atoms with E-state index in [1.807, 2.05) is 0 Å². The number of nitrogens with zero attached hydrogens (tertiary/aromatic N) is 1. The molecule has 0 aromatic carbocycles. The van der Waals surface area contributed by atoms with Crippen LogP contribution in [0, 0.1) is 5.41 Å². The van der Waals surface area contributed by atoms with Gasteiger partial charge in [0, 0.05) is 26.2 Å². The zero-order valence-corrected chi connectivity index (χ0v) is 10.2. The molecule has 0 aromatic heterocycles. The summed E-state index contributed by atoms with van der Waals surface area (Å²) >= 11 is 0. The number of morpholine rings is 1. The smallest absolute Gasteiger partial charge is 0.324 e. The molecule has 2 aliphatic rings. The Bertz CT molecular complexity index is 323. The van der Waals surface area contributed by atoms with Gasteiger partial charge in [-0.2, -0.15) is 0 Å². The summed E-state index contributed by atoms with van der Waals surface area (Å²) in [7, 11) is 0. The van der Waals surface area contributed by atoms with Gasteiger partial charge in [-0.25, -0.2) is 0 Å². The standard InChI is InChI=1S/C11H18N2O5/c14-9(11(10(15)16)7-18-8-11)12-1-2-13-3-5-17-6-4-13/h1-8H2,(H,12,14)(H,15,16). The molecular formula is C11H18N2O5. The summed E-state index contributed by atoms with van der Waals surface area (Å²) in [5, 5.41) is 11.7. The summed E-state index contributed by atoms with van der Waals surface area (Å²) in [5.41, 5.74) is -1.37. The van der Waals surface area contributed by atoms with Crippen LogP contribution < -0.4 is 5.32 Å². The third kappa shape index (κ3) is 2.63. The van der Waals surface area contributed by atoms with Crippen molar-refractivity contribution in [2.24, 2.45) is 5.41 Å². The highest BCUT2D eigenvalue weighted by Gasteiger charge is 2.53. The molecule has 0 aromatic rings. The number of hydrogen-bond donors (Lipinski definition) is 2. The number of amides is 1. The molecule has 7 nitrogen and oxygen atoms in total. The predicted octanol–water partition coefficient (Wildman–Crippen LogP) is -1.46. The van der Waals surface area contributed by atoms with Crippen molar-refractivity contribution < 1.29 is 24.2 Å². The fourth-order valence-electron chi connectivity index (χ4n) is 1.98. The molecule has 2 rings (SSSR count). The first kappa shape index (κ1) is 13.3. The lowest BCUT2D eigenvalue weighted by molar-refractivity contribution is -0.185. The van der Waals surface area contributed by atoms with Crippen LogP contribution in [0.25, 0.3) is 0 Å². The molecule has 7 heteroatoms. The van der Waals surface area contributed by atoms with Crippen molar-refractivity contribution in [2.75, 3.05) is 52.6 Å². The highest BCUT2D eigenvalue weighted by molar-refractivity contribution is 6.03. The van der Waals surface area contributed by atoms with Crippen LogP contribution in [0.15, 0.2) is 0 Å². The SMILES string of the molecule is O=C(O)C1(C(=O)NCCN2CCOCC2)COC1. The van der Waals surface area contributed by atoms with Gasteiger partial charge in [-0.15, -0.1) is 0 Å². The molecule has 0 unspecified atom stereocenters. The largest absolute Gasteiger partial charge is 0.480 e. The summed E-state index contributed by atoms with van der Waals surface area (Å²) in [6, 6.07) is 0. The first-order valence-electron chi connectivity index (χ1n) is 6.05. The Morgan fingerprint density at radius 3 is 2.39 bits per heavy atom. The molecule has 2 saturated heterocycles. The number of aliphatic carboxylic acids is 1. The van der Waals surface area contributed by atoms with Gasteiger partial charge in [0.25, 0.3) is 0 Å². The fourth-order valence-corrected chi connectivity index (χ4v) is 1.98. The number of carbonyl (C=O) groups is 2. The van der Waals surface area contributed by atoms with Gasteiger partial charge >= 0.3 is 5.97 Å². The number of carboxylic acid groups (broad SMARTS) is 1. The van der Waals surface area contributed by atoms with Crippen molar-refractivity contribution in [3.8, 4) is 0 Å². The van der Waals surface area contributed by atoms with E-state index in [1.54, 1.807) is 0 Å². The zero-order valence-electron chi connectivity index (χ0n) is 10.2. The molecule has 1 amide bonds. The molecule has 0 bridgehead atoms. The first-order chi connectivity index (χ1) is 8.65. The maximum atomic E-state index is 11.8. The van der Waals surface area contributed by atoms with Crippen molar-refractivity contribution in [3.05, 3.63) is 0 Å². The zero-order chi connectivity index (χ0) is 13.0. The van der Waals surface area contributed by atoms with Crippen molar-refractivity contribution in [1.82, 2.24) is 10.2 Å². The first-order valence-corrected chi connectivity index (χ1v) is 6.05. The van der Waals surface area contributed by atoms with E-state index in [4.69, 9.17) is 14.6 Å². The number of nitrogens with one attached hydrogen (secondary N) is 1. The lowest BCUT2D eigenvalue weighted by atomic mass is 9.85. The lowest BCUT2D eigenvalue weighted by Gasteiger charge is -2.35. The Kier molecular flexibility index (Phi) is 4.15. The molecule has 0 atom stereocenters. The Morgan fingerprint density at radius 2 is 1.89 bits per heavy atom. The topological polar surface area (TPSA) is 88.1 Å². The van der Waals surface area contributed by atoms with Crippen LogP contribution in [0.5, 0.6) is 0 Å². The predicted molar refractivity (Wildman–Crippen MR) is 61.2 cm³/mol. The minimum absolute atomic E-state index is 0.0360. The van der Waals surface area contributed by atoms with Crippen LogP contribution in [0.3, 0.4) is 0 Å². The second kappa shape index (κ2) is 5.64. The highest BCUT2D eigenvalue weighted by Crippen LogP contribution is 2.27. The number of hydrogen-bond acceptors (Lipinski definition) is 5. The molecule has 0 saturated carbocycles. The highest BCUT2D eigenvalue weighted by atomic mass is 16.5. The summed E-state index contributed by atoms with van der Waals surface area (Å²) in [5.74, 6) is -1.56. The average Bonchev–Trinajstić information content (AvgIpc) is 2.28. The van der Waals surface area contributed by atoms with E-state index in [1.165, 1.54) is 0 Å². The second-order valence-electron chi connectivity index (χ2n) is 4.59. The Labute approximate surface area is 105 Å². The van der Waals surface area contributed by atoms with Crippen molar-refractivity contribution in [2.45, 2.75) is 0 Å². The summed E-state index contributed by atoms with van der Waals surface area (Å²) in [6.07, 6.45) is 0. The summed E-state index contributed by atoms with van der Waals surface area (Å²) < 4.78 is 10.1. The maximum absolute atomic E-state index is 11.8. The number of carbonyl (C=O) groups excluding carboxylic acids is 1. The molecular weight excluding hydrogens is 240 g/mol. The lowest BCUT2D eigenvalue weighted by Crippen LogP contribution is -2.59. The van der Waals surface area contributed by atoms with Gasteiger partial charge in [0.05, 0.1) is 26.4 Å². The second-order valence-corrected chi connectivity index (χ2v) is 4.59. The van der Waals surface area contributed by atoms with E-state index >= 15 is 0 Å². The van der Waals surface area contributed by atoms with Gasteiger partial charge in [0.15, 0.2) is 5.41 Å². The quantitative estimate of drug-likeness (QED) is 0.586. The molecule has 2 aliphatic heterocycles. The monoisotopic (exact) mass is 258 g/mol. The molecule has 2 heterocycles. The van der Waals surface area contributed by atoms with Crippen LogP contribution in [0.1, 0.15) is 0 Å². The van der Waals surface area contributed by atoms with E-state index in [9.17, 15) is 9.59 Å². The normalized spacial score (nSPS) is 23.1. The van der Waals surface area contributed by atoms with Crippen LogP contribution in [-0.2, 0) is 19.1 Å². The molecule has 0 spiro atoms. The van der Waals surface area contributed by atoms with E-state index < -0.39 is 17.3 Å². The van der Waals surface area contributed by atoms with Gasteiger partial charge in [-0.3, -0.25) is 14.5 Å². The molecule has 0 radical (unpaired) electrons. The van der Waals surface area contributed by atoms with Crippen LogP contribution in [-0.4, -0.2) is 74.5 Å². The Hall–Kier alpha value is -1.18. The van der Waals surface area contributed by atoms with Crippen LogP contribution >= 0.6 is 0 Å². The van der Waals surface area contributed by atoms with Crippen LogP contribution in [0.4, 0.5) is 0 Å². The van der Waals surface area contributed by atoms with E-state index in [0.29, 0.717) is 26.3 Å². The van der Waals surface area contributed by atoms with Gasteiger partial charge < -0.3 is 19.9 Å². The Morgan fingerprint density at radius 1 is 1.22 bits per heavy atom. The van der Waals surface area contributed by atoms with Crippen molar-refractivity contribution >= 4 is 11.9 Å². The minimum atomic E-state index is -1.37. The van der Waals surface area contributed by atoms with Gasteiger partial charge in [0.2, 0.25) is 5.91 Å². The van der Waals surface area contributed by atoms with E-state index in [0.717, 1.165) is 13.1 Å². The van der Waals surface area contributed by atoms with Crippen molar-refractivity contribution in [3.63, 3.8) is 0 Å². The van der Waals surface area contributed by atoms with Crippen molar-refractivity contribution in [1.29, 1.82) is 0 Å². The number of rotatable bonds is 5. The third-order valence-corrected chi connectivity index (χ3v) is 3.36. The van der Waals surface area contributed by atoms with E-state index in [2.05, 4.69) is 10.2 Å². The molecule has 102 valence electrons. The van der Waals surface area contributed by atoms with Crippen LogP contribution in [0.2, 0.25) is 0 Å². The molecule has 0 aliphatic carbocycles. The maximum Gasteiger partial charge on any atom is 0.324 e. The number of carboxylic acids is 1. The van der Waals surface area contributed by atoms with E-state index in [-0.39, 0.29) is 13.2 Å². The third-order valence-electron chi connectivity index (χ3n) is 3.36. The Balaban J connectivity index is 1.72. The summed E-state index contributed by atoms with van der Waals surface area (Å²) in [4.78, 5) is 25.0. The number of ether oxygens (including phenoxy) is 2. The van der Waals surface area contributed by atoms with Gasteiger partial charge in [-0.05, 0) is 0 Å². The molecule has 2 fully saturated rings. The van der Waals surface area contributed by atoms with Gasteiger partial charge in [0.1, 0.15) is 0 Å². The molecule has 18 heavy (non-hydrogen) atoms. The molecule has 2 N–H and O–H groups in total. The summed E-state index contributed by atoms with van der Waals surface area (Å²) in [6.45, 7) is 4.21. The fraction of sp³-hybridized carbons (Fsp3) is 0.818. The average molecular weight is 258 g/mol. The minimum Gasteiger partial charge on any atom is -0.480 e.